The summed E-state index contributed by atoms with van der Waals surface area (Å²) in [7, 11) is 0. The minimum atomic E-state index is -0.140. The highest BCUT2D eigenvalue weighted by Gasteiger charge is 2.17. The summed E-state index contributed by atoms with van der Waals surface area (Å²) in [5.74, 6) is -0.140. The molecule has 0 aliphatic carbocycles. The van der Waals surface area contributed by atoms with Gasteiger partial charge >= 0.3 is 0 Å². The second-order valence-corrected chi connectivity index (χ2v) is 4.01. The average molecular weight is 209 g/mol. The molecule has 1 aliphatic heterocycles. The number of nitrogens with one attached hydrogen (secondary N) is 1. The van der Waals surface area contributed by atoms with E-state index in [-0.39, 0.29) is 11.9 Å². The summed E-state index contributed by atoms with van der Waals surface area (Å²) in [5, 5.41) is 3.24. The van der Waals surface area contributed by atoms with Crippen LogP contribution in [0.15, 0.2) is 12.1 Å². The number of rotatable bonds is 1. The molecule has 1 unspecified atom stereocenters. The van der Waals surface area contributed by atoms with Crippen molar-refractivity contribution in [2.45, 2.75) is 20.0 Å². The van der Waals surface area contributed by atoms with Gasteiger partial charge in [-0.25, -0.2) is 4.39 Å². The first-order valence-electron chi connectivity index (χ1n) is 5.27. The topological polar surface area (TPSA) is 21.3 Å². The molecule has 1 N–H and O–H groups in total. The SMILES string of the molecule is Cc1cc(C2CNCCO2)cc(F)c1C. The molecule has 0 amide bonds. The van der Waals surface area contributed by atoms with E-state index in [0.29, 0.717) is 6.61 Å². The first-order chi connectivity index (χ1) is 7.18. The van der Waals surface area contributed by atoms with Gasteiger partial charge in [-0.2, -0.15) is 0 Å². The van der Waals surface area contributed by atoms with E-state index in [1.165, 1.54) is 0 Å². The number of ether oxygens (including phenoxy) is 1. The molecule has 0 bridgehead atoms. The molecule has 82 valence electrons. The Hall–Kier alpha value is -0.930. The molecule has 0 saturated carbocycles. The fourth-order valence-electron chi connectivity index (χ4n) is 1.81. The molecule has 1 heterocycles. The van der Waals surface area contributed by atoms with E-state index >= 15 is 0 Å². The smallest absolute Gasteiger partial charge is 0.126 e. The van der Waals surface area contributed by atoms with Gasteiger partial charge in [0, 0.05) is 13.1 Å². The summed E-state index contributed by atoms with van der Waals surface area (Å²) in [6, 6.07) is 3.59. The first-order valence-corrected chi connectivity index (χ1v) is 5.27. The Labute approximate surface area is 89.4 Å². The second-order valence-electron chi connectivity index (χ2n) is 4.01. The van der Waals surface area contributed by atoms with Gasteiger partial charge in [0.2, 0.25) is 0 Å². The van der Waals surface area contributed by atoms with Gasteiger partial charge in [0.1, 0.15) is 5.82 Å². The Kier molecular flexibility index (Phi) is 3.03. The van der Waals surface area contributed by atoms with Crippen LogP contribution in [0.1, 0.15) is 22.8 Å². The normalized spacial score (nSPS) is 21.7. The molecule has 2 rings (SSSR count). The van der Waals surface area contributed by atoms with Gasteiger partial charge in [0.05, 0.1) is 12.7 Å². The Morgan fingerprint density at radius 2 is 2.20 bits per heavy atom. The van der Waals surface area contributed by atoms with Crippen LogP contribution < -0.4 is 5.32 Å². The van der Waals surface area contributed by atoms with Crippen molar-refractivity contribution < 1.29 is 9.13 Å². The summed E-state index contributed by atoms with van der Waals surface area (Å²) in [6.45, 7) is 6.07. The van der Waals surface area contributed by atoms with Crippen LogP contribution in [0.3, 0.4) is 0 Å². The van der Waals surface area contributed by atoms with Gasteiger partial charge in [-0.1, -0.05) is 6.07 Å². The molecule has 1 aliphatic rings. The fraction of sp³-hybridized carbons (Fsp3) is 0.500. The molecule has 0 spiro atoms. The lowest BCUT2D eigenvalue weighted by atomic mass is 10.0. The van der Waals surface area contributed by atoms with Crippen molar-refractivity contribution in [1.29, 1.82) is 0 Å². The highest BCUT2D eigenvalue weighted by Crippen LogP contribution is 2.23. The van der Waals surface area contributed by atoms with Gasteiger partial charge in [-0.05, 0) is 36.6 Å². The molecular formula is C12H16FNO. The molecule has 2 nitrogen and oxygen atoms in total. The fourth-order valence-corrected chi connectivity index (χ4v) is 1.81. The van der Waals surface area contributed by atoms with E-state index in [9.17, 15) is 4.39 Å². The van der Waals surface area contributed by atoms with E-state index in [4.69, 9.17) is 4.74 Å². The second kappa shape index (κ2) is 4.29. The van der Waals surface area contributed by atoms with Crippen molar-refractivity contribution in [3.8, 4) is 0 Å². The molecule has 15 heavy (non-hydrogen) atoms. The van der Waals surface area contributed by atoms with Crippen LogP contribution in [0.4, 0.5) is 4.39 Å². The van der Waals surface area contributed by atoms with Crippen LogP contribution in [0, 0.1) is 19.7 Å². The Morgan fingerprint density at radius 1 is 1.40 bits per heavy atom. The average Bonchev–Trinajstić information content (AvgIpc) is 2.26. The predicted molar refractivity (Wildman–Crippen MR) is 57.4 cm³/mol. The van der Waals surface area contributed by atoms with Crippen molar-refractivity contribution >= 4 is 0 Å². The largest absolute Gasteiger partial charge is 0.371 e. The molecule has 1 atom stereocenters. The van der Waals surface area contributed by atoms with E-state index in [2.05, 4.69) is 5.32 Å². The Balaban J connectivity index is 2.27. The minimum absolute atomic E-state index is 0.00690. The zero-order chi connectivity index (χ0) is 10.8. The summed E-state index contributed by atoms with van der Waals surface area (Å²) in [5.41, 5.74) is 2.64. The Morgan fingerprint density at radius 3 is 2.80 bits per heavy atom. The van der Waals surface area contributed by atoms with Crippen molar-refractivity contribution in [1.82, 2.24) is 5.32 Å². The van der Waals surface area contributed by atoms with Gasteiger partial charge in [0.25, 0.3) is 0 Å². The lowest BCUT2D eigenvalue weighted by Gasteiger charge is -2.24. The summed E-state index contributed by atoms with van der Waals surface area (Å²) >= 11 is 0. The van der Waals surface area contributed by atoms with Crippen LogP contribution >= 0.6 is 0 Å². The van der Waals surface area contributed by atoms with Crippen LogP contribution in [-0.4, -0.2) is 19.7 Å². The lowest BCUT2D eigenvalue weighted by Crippen LogP contribution is -2.33. The summed E-state index contributed by atoms with van der Waals surface area (Å²) in [4.78, 5) is 0. The van der Waals surface area contributed by atoms with Crippen molar-refractivity contribution in [3.05, 3.63) is 34.6 Å². The predicted octanol–water partition coefficient (Wildman–Crippen LogP) is 2.10. The Bertz CT molecular complexity index is 336. The van der Waals surface area contributed by atoms with Crippen molar-refractivity contribution in [2.24, 2.45) is 0 Å². The molecule has 1 fully saturated rings. The highest BCUT2D eigenvalue weighted by atomic mass is 19.1. The van der Waals surface area contributed by atoms with Crippen LogP contribution in [0.25, 0.3) is 0 Å². The number of hydrogen-bond donors (Lipinski definition) is 1. The molecule has 0 aromatic heterocycles. The van der Waals surface area contributed by atoms with Crippen LogP contribution in [-0.2, 0) is 4.74 Å². The lowest BCUT2D eigenvalue weighted by molar-refractivity contribution is 0.0275. The number of morpholine rings is 1. The van der Waals surface area contributed by atoms with Crippen molar-refractivity contribution in [3.63, 3.8) is 0 Å². The van der Waals surface area contributed by atoms with E-state index in [1.807, 2.05) is 13.0 Å². The maximum atomic E-state index is 13.5. The van der Waals surface area contributed by atoms with Crippen LogP contribution in [0.2, 0.25) is 0 Å². The standard InChI is InChI=1S/C12H16FNO/c1-8-5-10(6-11(13)9(8)2)12-7-14-3-4-15-12/h5-6,12,14H,3-4,7H2,1-2H3. The maximum absolute atomic E-state index is 13.5. The summed E-state index contributed by atoms with van der Waals surface area (Å²) in [6.07, 6.45) is -0.00690. The van der Waals surface area contributed by atoms with Gasteiger partial charge in [-0.15, -0.1) is 0 Å². The maximum Gasteiger partial charge on any atom is 0.126 e. The number of hydrogen-bond acceptors (Lipinski definition) is 2. The van der Waals surface area contributed by atoms with E-state index in [0.717, 1.165) is 29.8 Å². The zero-order valence-electron chi connectivity index (χ0n) is 9.14. The third-order valence-corrected chi connectivity index (χ3v) is 2.93. The zero-order valence-corrected chi connectivity index (χ0v) is 9.14. The number of benzene rings is 1. The minimum Gasteiger partial charge on any atom is -0.371 e. The van der Waals surface area contributed by atoms with E-state index in [1.54, 1.807) is 13.0 Å². The molecule has 3 heteroatoms. The van der Waals surface area contributed by atoms with Crippen LogP contribution in [0.5, 0.6) is 0 Å². The highest BCUT2D eigenvalue weighted by molar-refractivity contribution is 5.32. The monoisotopic (exact) mass is 209 g/mol. The third kappa shape index (κ3) is 2.19. The van der Waals surface area contributed by atoms with Crippen molar-refractivity contribution in [2.75, 3.05) is 19.7 Å². The quantitative estimate of drug-likeness (QED) is 0.764. The molecular weight excluding hydrogens is 193 g/mol. The number of halogens is 1. The third-order valence-electron chi connectivity index (χ3n) is 2.93. The molecule has 1 aromatic carbocycles. The van der Waals surface area contributed by atoms with Gasteiger partial charge < -0.3 is 10.1 Å². The molecule has 0 radical (unpaired) electrons. The summed E-state index contributed by atoms with van der Waals surface area (Å²) < 4.78 is 19.1. The molecule has 1 saturated heterocycles. The molecule has 1 aromatic rings. The van der Waals surface area contributed by atoms with Gasteiger partial charge in [0.15, 0.2) is 0 Å². The van der Waals surface area contributed by atoms with E-state index < -0.39 is 0 Å². The number of aryl methyl sites for hydroxylation is 1. The van der Waals surface area contributed by atoms with Gasteiger partial charge in [-0.3, -0.25) is 0 Å². The first kappa shape index (κ1) is 10.6.